The minimum Gasteiger partial charge on any atom is -0.459 e. The highest BCUT2D eigenvalue weighted by atomic mass is 16.3. The Bertz CT molecular complexity index is 743. The average molecular weight is 355 g/mol. The lowest BCUT2D eigenvalue weighted by atomic mass is 10.1. The fourth-order valence-corrected chi connectivity index (χ4v) is 3.34. The van der Waals surface area contributed by atoms with Crippen LogP contribution in [0.4, 0.5) is 5.69 Å². The van der Waals surface area contributed by atoms with E-state index >= 15 is 0 Å². The van der Waals surface area contributed by atoms with Gasteiger partial charge in [0, 0.05) is 12.2 Å². The van der Waals surface area contributed by atoms with Gasteiger partial charge in [0.15, 0.2) is 5.76 Å². The molecule has 1 aliphatic rings. The summed E-state index contributed by atoms with van der Waals surface area (Å²) in [4.78, 5) is 26.8. The van der Waals surface area contributed by atoms with Crippen molar-refractivity contribution in [1.29, 1.82) is 0 Å². The lowest BCUT2D eigenvalue weighted by Gasteiger charge is -2.23. The fraction of sp³-hybridized carbons (Fsp3) is 0.400. The smallest absolute Gasteiger partial charge is 0.291 e. The highest BCUT2D eigenvalue weighted by Gasteiger charge is 2.29. The molecular formula is C20H25N3O3. The van der Waals surface area contributed by atoms with E-state index in [1.165, 1.54) is 6.26 Å². The number of furan rings is 1. The molecule has 1 aliphatic heterocycles. The van der Waals surface area contributed by atoms with Gasteiger partial charge in [0.2, 0.25) is 5.91 Å². The van der Waals surface area contributed by atoms with Crippen molar-refractivity contribution < 1.29 is 14.0 Å². The lowest BCUT2D eigenvalue weighted by Crippen LogP contribution is -2.43. The predicted molar refractivity (Wildman–Crippen MR) is 99.8 cm³/mol. The van der Waals surface area contributed by atoms with Crippen LogP contribution in [0, 0.1) is 0 Å². The molecule has 2 heterocycles. The molecule has 3 rings (SSSR count). The Labute approximate surface area is 153 Å². The molecule has 2 amide bonds. The molecule has 1 fully saturated rings. The number of likely N-dealkylation sites (tertiary alicyclic amines) is 1. The number of hydrogen-bond donors (Lipinski definition) is 2. The third-order valence-corrected chi connectivity index (χ3v) is 4.57. The van der Waals surface area contributed by atoms with Gasteiger partial charge in [-0.15, -0.1) is 0 Å². The Kier molecular flexibility index (Phi) is 6.07. The number of carbonyl (C=O) groups is 2. The molecule has 0 aliphatic carbocycles. The number of nitrogens with one attached hydrogen (secondary N) is 2. The van der Waals surface area contributed by atoms with Crippen LogP contribution >= 0.6 is 0 Å². The van der Waals surface area contributed by atoms with E-state index in [0.717, 1.165) is 37.9 Å². The number of amides is 2. The first kappa shape index (κ1) is 18.2. The summed E-state index contributed by atoms with van der Waals surface area (Å²) in [5, 5.41) is 5.82. The summed E-state index contributed by atoms with van der Waals surface area (Å²) in [6.07, 6.45) is 4.52. The van der Waals surface area contributed by atoms with Gasteiger partial charge in [-0.3, -0.25) is 14.5 Å². The second-order valence-electron chi connectivity index (χ2n) is 6.54. The van der Waals surface area contributed by atoms with Crippen molar-refractivity contribution in [2.75, 3.05) is 18.4 Å². The van der Waals surface area contributed by atoms with E-state index in [0.29, 0.717) is 12.2 Å². The Balaban J connectivity index is 1.55. The van der Waals surface area contributed by atoms with Crippen molar-refractivity contribution in [3.63, 3.8) is 0 Å². The van der Waals surface area contributed by atoms with Gasteiger partial charge in [-0.25, -0.2) is 0 Å². The number of anilines is 1. The number of rotatable bonds is 7. The molecule has 0 bridgehead atoms. The highest BCUT2D eigenvalue weighted by molar-refractivity contribution is 6.02. The van der Waals surface area contributed by atoms with Crippen molar-refractivity contribution in [2.24, 2.45) is 0 Å². The summed E-state index contributed by atoms with van der Waals surface area (Å²) in [6, 6.07) is 10.7. The second-order valence-corrected chi connectivity index (χ2v) is 6.54. The molecule has 26 heavy (non-hydrogen) atoms. The zero-order chi connectivity index (χ0) is 18.4. The van der Waals surface area contributed by atoms with E-state index in [1.807, 2.05) is 24.3 Å². The molecule has 0 spiro atoms. The Hall–Kier alpha value is -2.60. The third-order valence-electron chi connectivity index (χ3n) is 4.57. The van der Waals surface area contributed by atoms with Gasteiger partial charge in [-0.2, -0.15) is 0 Å². The van der Waals surface area contributed by atoms with E-state index in [-0.39, 0.29) is 23.6 Å². The maximum atomic E-state index is 12.5. The molecule has 0 unspecified atom stereocenters. The van der Waals surface area contributed by atoms with Crippen molar-refractivity contribution >= 4 is 17.5 Å². The van der Waals surface area contributed by atoms with Gasteiger partial charge < -0.3 is 15.1 Å². The third kappa shape index (κ3) is 4.52. The minimum absolute atomic E-state index is 0.0169. The molecule has 1 aromatic heterocycles. The fourth-order valence-electron chi connectivity index (χ4n) is 3.34. The zero-order valence-electron chi connectivity index (χ0n) is 15.0. The van der Waals surface area contributed by atoms with E-state index in [4.69, 9.17) is 4.42 Å². The quantitative estimate of drug-likeness (QED) is 0.801. The summed E-state index contributed by atoms with van der Waals surface area (Å²) >= 11 is 0. The molecule has 6 nitrogen and oxygen atoms in total. The summed E-state index contributed by atoms with van der Waals surface area (Å²) in [5.74, 6) is 0.0549. The van der Waals surface area contributed by atoms with Gasteiger partial charge in [-0.05, 0) is 62.2 Å². The van der Waals surface area contributed by atoms with Crippen LogP contribution in [-0.4, -0.2) is 35.8 Å². The van der Waals surface area contributed by atoms with Gasteiger partial charge in [-0.1, -0.05) is 19.1 Å². The summed E-state index contributed by atoms with van der Waals surface area (Å²) in [6.45, 7) is 4.54. The molecular weight excluding hydrogens is 330 g/mol. The number of nitrogens with zero attached hydrogens (tertiary/aromatic N) is 1. The monoisotopic (exact) mass is 355 g/mol. The predicted octanol–water partition coefficient (Wildman–Crippen LogP) is 3.02. The standard InChI is InChI=1S/C20H25N3O3/c1-2-10-23-11-4-8-17(23)19(24)21-14-15-6-3-7-16(13-15)22-20(25)18-9-5-12-26-18/h3,5-7,9,12-13,17H,2,4,8,10-11,14H2,1H3,(H,21,24)(H,22,25)/t17-/m0/s1. The highest BCUT2D eigenvalue weighted by Crippen LogP contribution is 2.18. The van der Waals surface area contributed by atoms with Crippen LogP contribution in [0.5, 0.6) is 0 Å². The van der Waals surface area contributed by atoms with Crippen LogP contribution in [0.3, 0.4) is 0 Å². The summed E-state index contributed by atoms with van der Waals surface area (Å²) in [5.41, 5.74) is 1.61. The molecule has 1 saturated heterocycles. The average Bonchev–Trinajstić information content (AvgIpc) is 3.32. The zero-order valence-corrected chi connectivity index (χ0v) is 15.0. The van der Waals surface area contributed by atoms with Crippen molar-refractivity contribution in [1.82, 2.24) is 10.2 Å². The maximum absolute atomic E-state index is 12.5. The van der Waals surface area contributed by atoms with Crippen molar-refractivity contribution in [3.8, 4) is 0 Å². The Morgan fingerprint density at radius 2 is 2.15 bits per heavy atom. The van der Waals surface area contributed by atoms with Gasteiger partial charge in [0.25, 0.3) is 5.91 Å². The molecule has 138 valence electrons. The van der Waals surface area contributed by atoms with Crippen LogP contribution in [-0.2, 0) is 11.3 Å². The van der Waals surface area contributed by atoms with Gasteiger partial charge in [0.05, 0.1) is 12.3 Å². The van der Waals surface area contributed by atoms with Crippen LogP contribution in [0.2, 0.25) is 0 Å². The maximum Gasteiger partial charge on any atom is 0.291 e. The van der Waals surface area contributed by atoms with Crippen molar-refractivity contribution in [3.05, 3.63) is 54.0 Å². The van der Waals surface area contributed by atoms with E-state index < -0.39 is 0 Å². The lowest BCUT2D eigenvalue weighted by molar-refractivity contribution is -0.125. The molecule has 2 N–H and O–H groups in total. The molecule has 0 radical (unpaired) electrons. The largest absolute Gasteiger partial charge is 0.459 e. The number of hydrogen-bond acceptors (Lipinski definition) is 4. The molecule has 0 saturated carbocycles. The van der Waals surface area contributed by atoms with E-state index in [1.54, 1.807) is 12.1 Å². The SMILES string of the molecule is CCCN1CCC[C@H]1C(=O)NCc1cccc(NC(=O)c2ccco2)c1. The van der Waals surface area contributed by atoms with Crippen LogP contribution in [0.15, 0.2) is 47.1 Å². The topological polar surface area (TPSA) is 74.6 Å². The molecule has 6 heteroatoms. The van der Waals surface area contributed by atoms with Gasteiger partial charge >= 0.3 is 0 Å². The second kappa shape index (κ2) is 8.67. The number of benzene rings is 1. The normalized spacial score (nSPS) is 17.2. The van der Waals surface area contributed by atoms with Crippen LogP contribution in [0.25, 0.3) is 0 Å². The summed E-state index contributed by atoms with van der Waals surface area (Å²) in [7, 11) is 0. The first-order chi connectivity index (χ1) is 12.7. The molecule has 1 atom stereocenters. The molecule has 2 aromatic rings. The van der Waals surface area contributed by atoms with Crippen molar-refractivity contribution in [2.45, 2.75) is 38.8 Å². The van der Waals surface area contributed by atoms with E-state index in [2.05, 4.69) is 22.5 Å². The summed E-state index contributed by atoms with van der Waals surface area (Å²) < 4.78 is 5.09. The van der Waals surface area contributed by atoms with Crippen LogP contribution < -0.4 is 10.6 Å². The van der Waals surface area contributed by atoms with Crippen LogP contribution in [0.1, 0.15) is 42.3 Å². The number of carbonyl (C=O) groups excluding carboxylic acids is 2. The van der Waals surface area contributed by atoms with E-state index in [9.17, 15) is 9.59 Å². The Morgan fingerprint density at radius 3 is 2.92 bits per heavy atom. The molecule has 1 aromatic carbocycles. The van der Waals surface area contributed by atoms with Gasteiger partial charge in [0.1, 0.15) is 0 Å². The minimum atomic E-state index is -0.294. The first-order valence-corrected chi connectivity index (χ1v) is 9.13. The Morgan fingerprint density at radius 1 is 1.27 bits per heavy atom. The first-order valence-electron chi connectivity index (χ1n) is 9.13.